The topological polar surface area (TPSA) is 76.7 Å². The van der Waals surface area contributed by atoms with Gasteiger partial charge in [0.15, 0.2) is 0 Å². The third kappa shape index (κ3) is 5.34. The summed E-state index contributed by atoms with van der Waals surface area (Å²) in [6, 6.07) is 7.80. The van der Waals surface area contributed by atoms with Crippen LogP contribution in [0.1, 0.15) is 26.2 Å². The van der Waals surface area contributed by atoms with Gasteiger partial charge in [-0.25, -0.2) is 5.43 Å². The highest BCUT2D eigenvalue weighted by Crippen LogP contribution is 2.20. The van der Waals surface area contributed by atoms with E-state index in [1.807, 2.05) is 29.2 Å². The number of nitrogens with zero attached hydrogens (tertiary/aromatic N) is 2. The lowest BCUT2D eigenvalue weighted by molar-refractivity contribution is -0.133. The Kier molecular flexibility index (Phi) is 6.93. The monoisotopic (exact) mass is 393 g/mol. The first-order valence-electron chi connectivity index (χ1n) is 9.64. The van der Waals surface area contributed by atoms with Crippen molar-refractivity contribution in [2.45, 2.75) is 38.3 Å². The van der Waals surface area contributed by atoms with Gasteiger partial charge in [-0.05, 0) is 31.0 Å². The summed E-state index contributed by atoms with van der Waals surface area (Å²) in [6.45, 7) is 4.97. The van der Waals surface area contributed by atoms with E-state index in [1.165, 1.54) is 0 Å². The van der Waals surface area contributed by atoms with Crippen LogP contribution in [0.15, 0.2) is 24.3 Å². The summed E-state index contributed by atoms with van der Waals surface area (Å²) >= 11 is 6.05. The number of hydrogen-bond donors (Lipinski definition) is 3. The quantitative estimate of drug-likeness (QED) is 0.675. The molecule has 1 aromatic carbocycles. The maximum absolute atomic E-state index is 12.4. The Bertz CT molecular complexity index is 663. The lowest BCUT2D eigenvalue weighted by Gasteiger charge is -2.36. The standard InChI is InChI=1S/C19H28ClN5O2/c1-2-4-15-12-17(23-22-15)19(27)21-13-18(26)25-9-7-24(8-10-25)16-6-3-5-14(20)11-16/h3,5-6,11,15,17,22-23H,2,4,7-10,12-13H2,1H3,(H,21,27). The fourth-order valence-electron chi connectivity index (χ4n) is 3.62. The van der Waals surface area contributed by atoms with Gasteiger partial charge in [0.05, 0.1) is 6.54 Å². The Morgan fingerprint density at radius 3 is 2.70 bits per heavy atom. The molecule has 0 bridgehead atoms. The average molecular weight is 394 g/mol. The molecule has 148 valence electrons. The van der Waals surface area contributed by atoms with E-state index >= 15 is 0 Å². The smallest absolute Gasteiger partial charge is 0.242 e. The maximum Gasteiger partial charge on any atom is 0.242 e. The molecule has 8 heteroatoms. The number of hydrogen-bond acceptors (Lipinski definition) is 5. The number of rotatable bonds is 6. The molecule has 2 heterocycles. The van der Waals surface area contributed by atoms with E-state index in [-0.39, 0.29) is 24.4 Å². The van der Waals surface area contributed by atoms with E-state index in [0.717, 1.165) is 38.0 Å². The highest BCUT2D eigenvalue weighted by atomic mass is 35.5. The molecule has 27 heavy (non-hydrogen) atoms. The second-order valence-corrected chi connectivity index (χ2v) is 7.56. The van der Waals surface area contributed by atoms with Gasteiger partial charge in [-0.2, -0.15) is 0 Å². The number of carbonyl (C=O) groups is 2. The van der Waals surface area contributed by atoms with Crippen LogP contribution in [-0.4, -0.2) is 61.5 Å². The van der Waals surface area contributed by atoms with Crippen molar-refractivity contribution in [3.05, 3.63) is 29.3 Å². The predicted molar refractivity (Wildman–Crippen MR) is 107 cm³/mol. The summed E-state index contributed by atoms with van der Waals surface area (Å²) in [5, 5.41) is 3.48. The van der Waals surface area contributed by atoms with E-state index in [0.29, 0.717) is 24.2 Å². The van der Waals surface area contributed by atoms with E-state index < -0.39 is 0 Å². The van der Waals surface area contributed by atoms with Crippen LogP contribution in [0, 0.1) is 0 Å². The minimum Gasteiger partial charge on any atom is -0.368 e. The Balaban J connectivity index is 1.40. The highest BCUT2D eigenvalue weighted by Gasteiger charge is 2.29. The van der Waals surface area contributed by atoms with Gasteiger partial charge in [0.25, 0.3) is 0 Å². The first-order chi connectivity index (χ1) is 13.1. The summed E-state index contributed by atoms with van der Waals surface area (Å²) in [7, 11) is 0. The number of halogens is 1. The highest BCUT2D eigenvalue weighted by molar-refractivity contribution is 6.30. The largest absolute Gasteiger partial charge is 0.368 e. The number of benzene rings is 1. The van der Waals surface area contributed by atoms with E-state index in [9.17, 15) is 9.59 Å². The van der Waals surface area contributed by atoms with Gasteiger partial charge in [-0.3, -0.25) is 15.0 Å². The fourth-order valence-corrected chi connectivity index (χ4v) is 3.80. The van der Waals surface area contributed by atoms with E-state index in [1.54, 1.807) is 0 Å². The summed E-state index contributed by atoms with van der Waals surface area (Å²) in [6.07, 6.45) is 2.87. The van der Waals surface area contributed by atoms with Crippen LogP contribution >= 0.6 is 11.6 Å². The summed E-state index contributed by atoms with van der Waals surface area (Å²) in [4.78, 5) is 28.7. The molecule has 2 aliphatic heterocycles. The molecular weight excluding hydrogens is 366 g/mol. The van der Waals surface area contributed by atoms with Crippen molar-refractivity contribution in [2.24, 2.45) is 0 Å². The summed E-state index contributed by atoms with van der Waals surface area (Å²) < 4.78 is 0. The van der Waals surface area contributed by atoms with Crippen molar-refractivity contribution >= 4 is 29.1 Å². The van der Waals surface area contributed by atoms with Gasteiger partial charge < -0.3 is 15.1 Å². The van der Waals surface area contributed by atoms with Crippen molar-refractivity contribution in [2.75, 3.05) is 37.6 Å². The van der Waals surface area contributed by atoms with Crippen molar-refractivity contribution < 1.29 is 9.59 Å². The third-order valence-electron chi connectivity index (χ3n) is 5.16. The van der Waals surface area contributed by atoms with Gasteiger partial charge in [0.2, 0.25) is 11.8 Å². The number of nitrogens with one attached hydrogen (secondary N) is 3. The van der Waals surface area contributed by atoms with Gasteiger partial charge in [0, 0.05) is 42.9 Å². The molecule has 0 radical (unpaired) electrons. The zero-order valence-electron chi connectivity index (χ0n) is 15.7. The molecule has 7 nitrogen and oxygen atoms in total. The van der Waals surface area contributed by atoms with Crippen LogP contribution in [0.2, 0.25) is 5.02 Å². The Morgan fingerprint density at radius 2 is 2.00 bits per heavy atom. The molecule has 3 N–H and O–H groups in total. The Labute approximate surface area is 165 Å². The molecule has 2 saturated heterocycles. The molecule has 3 rings (SSSR count). The average Bonchev–Trinajstić information content (AvgIpc) is 3.15. The van der Waals surface area contributed by atoms with Crippen LogP contribution in [-0.2, 0) is 9.59 Å². The van der Waals surface area contributed by atoms with Crippen molar-refractivity contribution in [3.63, 3.8) is 0 Å². The van der Waals surface area contributed by atoms with Gasteiger partial charge in [-0.15, -0.1) is 0 Å². The van der Waals surface area contributed by atoms with Gasteiger partial charge in [-0.1, -0.05) is 31.0 Å². The van der Waals surface area contributed by atoms with Crippen LogP contribution in [0.3, 0.4) is 0 Å². The van der Waals surface area contributed by atoms with Crippen LogP contribution < -0.4 is 21.1 Å². The number of piperazine rings is 1. The molecule has 2 amide bonds. The second-order valence-electron chi connectivity index (χ2n) is 7.13. The van der Waals surface area contributed by atoms with Gasteiger partial charge >= 0.3 is 0 Å². The predicted octanol–water partition coefficient (Wildman–Crippen LogP) is 1.14. The van der Waals surface area contributed by atoms with Crippen LogP contribution in [0.5, 0.6) is 0 Å². The fraction of sp³-hybridized carbons (Fsp3) is 0.579. The zero-order valence-corrected chi connectivity index (χ0v) is 16.5. The van der Waals surface area contributed by atoms with Crippen molar-refractivity contribution in [1.82, 2.24) is 21.1 Å². The molecule has 2 atom stereocenters. The number of carbonyl (C=O) groups excluding carboxylic acids is 2. The third-order valence-corrected chi connectivity index (χ3v) is 5.39. The molecule has 0 saturated carbocycles. The molecule has 0 spiro atoms. The number of anilines is 1. The van der Waals surface area contributed by atoms with Crippen molar-refractivity contribution in [3.8, 4) is 0 Å². The van der Waals surface area contributed by atoms with Crippen molar-refractivity contribution in [1.29, 1.82) is 0 Å². The number of amides is 2. The molecule has 2 fully saturated rings. The lowest BCUT2D eigenvalue weighted by atomic mass is 10.1. The molecule has 2 aliphatic rings. The molecule has 2 unspecified atom stereocenters. The minimum absolute atomic E-state index is 0.0369. The summed E-state index contributed by atoms with van der Waals surface area (Å²) in [5.74, 6) is -0.155. The second kappa shape index (κ2) is 9.39. The summed E-state index contributed by atoms with van der Waals surface area (Å²) in [5.41, 5.74) is 7.23. The Morgan fingerprint density at radius 1 is 1.22 bits per heavy atom. The minimum atomic E-state index is -0.269. The zero-order chi connectivity index (χ0) is 19.2. The molecule has 0 aliphatic carbocycles. The van der Waals surface area contributed by atoms with Crippen LogP contribution in [0.4, 0.5) is 5.69 Å². The first kappa shape index (κ1) is 19.9. The maximum atomic E-state index is 12.4. The molecule has 1 aromatic rings. The first-order valence-corrected chi connectivity index (χ1v) is 10.0. The SMILES string of the molecule is CCCC1CC(C(=O)NCC(=O)N2CCN(c3cccc(Cl)c3)CC2)NN1. The molecular formula is C19H28ClN5O2. The van der Waals surface area contributed by atoms with Gasteiger partial charge in [0.1, 0.15) is 6.04 Å². The van der Waals surface area contributed by atoms with E-state index in [4.69, 9.17) is 11.6 Å². The molecule has 0 aromatic heterocycles. The Hall–Kier alpha value is -1.83. The van der Waals surface area contributed by atoms with Crippen LogP contribution in [0.25, 0.3) is 0 Å². The normalized spacial score (nSPS) is 22.7. The van der Waals surface area contributed by atoms with E-state index in [2.05, 4.69) is 28.0 Å². The lowest BCUT2D eigenvalue weighted by Crippen LogP contribution is -2.52. The number of hydrazine groups is 1.